The Labute approximate surface area is 138 Å². The van der Waals surface area contributed by atoms with E-state index >= 15 is 0 Å². The molecule has 1 unspecified atom stereocenters. The largest absolute Gasteiger partial charge is 0.469 e. The van der Waals surface area contributed by atoms with Gasteiger partial charge in [0.2, 0.25) is 0 Å². The van der Waals surface area contributed by atoms with Crippen LogP contribution in [-0.4, -0.2) is 26.2 Å². The molecule has 0 aromatic heterocycles. The van der Waals surface area contributed by atoms with Crippen LogP contribution in [0.4, 0.5) is 0 Å². The number of esters is 1. The van der Waals surface area contributed by atoms with Gasteiger partial charge in [-0.15, -0.1) is 12.4 Å². The van der Waals surface area contributed by atoms with Crippen molar-refractivity contribution in [3.05, 3.63) is 71.8 Å². The molecule has 2 rings (SSSR count). The van der Waals surface area contributed by atoms with E-state index in [1.165, 1.54) is 18.2 Å². The summed E-state index contributed by atoms with van der Waals surface area (Å²) in [7, 11) is 3.31. The van der Waals surface area contributed by atoms with Gasteiger partial charge in [0.05, 0.1) is 13.5 Å². The Bertz CT molecular complexity index is 520. The molecule has 0 aliphatic heterocycles. The lowest BCUT2D eigenvalue weighted by atomic mass is 9.83. The summed E-state index contributed by atoms with van der Waals surface area (Å²) in [6.07, 6.45) is 0.335. The Balaban J connectivity index is 0.00000242. The lowest BCUT2D eigenvalue weighted by molar-refractivity contribution is -0.141. The van der Waals surface area contributed by atoms with E-state index < -0.39 is 0 Å². The molecule has 0 amide bonds. The standard InChI is InChI=1S/C18H21NO2.ClH/c1-19-16(13-17(20)21-2)18(14-9-5-3-6-10-14)15-11-7-4-8-12-15;/h3-12,16,18-19H,13H2,1-2H3;1H. The molecule has 0 fully saturated rings. The fourth-order valence-corrected chi connectivity index (χ4v) is 2.63. The van der Waals surface area contributed by atoms with Gasteiger partial charge in [-0.2, -0.15) is 0 Å². The van der Waals surface area contributed by atoms with Crippen LogP contribution in [-0.2, 0) is 9.53 Å². The minimum absolute atomic E-state index is 0. The van der Waals surface area contributed by atoms with Crippen molar-refractivity contribution < 1.29 is 9.53 Å². The Hall–Kier alpha value is -1.84. The smallest absolute Gasteiger partial charge is 0.307 e. The van der Waals surface area contributed by atoms with Gasteiger partial charge in [0.1, 0.15) is 0 Å². The summed E-state index contributed by atoms with van der Waals surface area (Å²) in [6, 6.07) is 20.5. The molecule has 0 aliphatic rings. The highest BCUT2D eigenvalue weighted by Crippen LogP contribution is 2.29. The molecule has 0 radical (unpaired) electrons. The number of ether oxygens (including phenoxy) is 1. The molecule has 1 N–H and O–H groups in total. The van der Waals surface area contributed by atoms with E-state index in [0.29, 0.717) is 6.42 Å². The molecule has 3 nitrogen and oxygen atoms in total. The molecule has 0 aliphatic carbocycles. The molecule has 0 spiro atoms. The van der Waals surface area contributed by atoms with Gasteiger partial charge in [-0.25, -0.2) is 0 Å². The summed E-state index contributed by atoms with van der Waals surface area (Å²) < 4.78 is 4.83. The van der Waals surface area contributed by atoms with E-state index in [4.69, 9.17) is 4.74 Å². The highest BCUT2D eigenvalue weighted by Gasteiger charge is 2.26. The van der Waals surface area contributed by atoms with Crippen LogP contribution >= 0.6 is 12.4 Å². The molecular formula is C18H22ClNO2. The molecule has 1 atom stereocenters. The highest BCUT2D eigenvalue weighted by atomic mass is 35.5. The van der Waals surface area contributed by atoms with Crippen LogP contribution in [0.15, 0.2) is 60.7 Å². The van der Waals surface area contributed by atoms with Crippen molar-refractivity contribution >= 4 is 18.4 Å². The summed E-state index contributed by atoms with van der Waals surface area (Å²) in [5, 5.41) is 3.26. The van der Waals surface area contributed by atoms with Crippen LogP contribution in [0.25, 0.3) is 0 Å². The number of rotatable bonds is 6. The number of methoxy groups -OCH3 is 1. The topological polar surface area (TPSA) is 38.3 Å². The molecule has 0 bridgehead atoms. The van der Waals surface area contributed by atoms with Crippen molar-refractivity contribution in [2.24, 2.45) is 0 Å². The second-order valence-corrected chi connectivity index (χ2v) is 4.97. The summed E-state index contributed by atoms with van der Waals surface area (Å²) in [5.41, 5.74) is 2.37. The minimum atomic E-state index is -0.203. The number of benzene rings is 2. The SMILES string of the molecule is CNC(CC(=O)OC)C(c1ccccc1)c1ccccc1.Cl. The third kappa shape index (κ3) is 4.58. The maximum absolute atomic E-state index is 11.7. The van der Waals surface area contributed by atoms with Crippen molar-refractivity contribution in [2.75, 3.05) is 14.2 Å². The normalized spacial score (nSPS) is 11.6. The zero-order chi connectivity index (χ0) is 15.1. The quantitative estimate of drug-likeness (QED) is 0.829. The molecule has 4 heteroatoms. The van der Waals surface area contributed by atoms with Crippen LogP contribution in [0.2, 0.25) is 0 Å². The average molecular weight is 320 g/mol. The molecule has 2 aromatic carbocycles. The van der Waals surface area contributed by atoms with Gasteiger partial charge in [-0.3, -0.25) is 4.79 Å². The molecule has 22 heavy (non-hydrogen) atoms. The van der Waals surface area contributed by atoms with Crippen LogP contribution < -0.4 is 5.32 Å². The van der Waals surface area contributed by atoms with Gasteiger partial charge in [-0.1, -0.05) is 60.7 Å². The van der Waals surface area contributed by atoms with Crippen molar-refractivity contribution in [2.45, 2.75) is 18.4 Å². The zero-order valence-electron chi connectivity index (χ0n) is 12.9. The molecule has 0 saturated heterocycles. The Morgan fingerprint density at radius 1 is 1.00 bits per heavy atom. The summed E-state index contributed by atoms with van der Waals surface area (Å²) in [4.78, 5) is 11.7. The van der Waals surface area contributed by atoms with Gasteiger partial charge in [0.25, 0.3) is 0 Å². The predicted molar refractivity (Wildman–Crippen MR) is 91.5 cm³/mol. The third-order valence-electron chi connectivity index (χ3n) is 3.70. The number of hydrogen-bond donors (Lipinski definition) is 1. The van der Waals surface area contributed by atoms with Crippen molar-refractivity contribution in [1.29, 1.82) is 0 Å². The lowest BCUT2D eigenvalue weighted by Crippen LogP contribution is -2.35. The van der Waals surface area contributed by atoms with Gasteiger partial charge < -0.3 is 10.1 Å². The first-order chi connectivity index (χ1) is 10.3. The predicted octanol–water partition coefficient (Wildman–Crippen LogP) is 3.39. The molecule has 2 aromatic rings. The summed E-state index contributed by atoms with van der Waals surface area (Å²) in [6.45, 7) is 0. The van der Waals surface area contributed by atoms with E-state index in [0.717, 1.165) is 0 Å². The number of hydrogen-bond acceptors (Lipinski definition) is 3. The van der Waals surface area contributed by atoms with Gasteiger partial charge in [-0.05, 0) is 18.2 Å². The number of likely N-dealkylation sites (N-methyl/N-ethyl adjacent to an activating group) is 1. The van der Waals surface area contributed by atoms with Crippen molar-refractivity contribution in [3.8, 4) is 0 Å². The second kappa shape index (κ2) is 9.23. The van der Waals surface area contributed by atoms with Crippen LogP contribution in [0.5, 0.6) is 0 Å². The Morgan fingerprint density at radius 2 is 1.45 bits per heavy atom. The molecule has 0 saturated carbocycles. The van der Waals surface area contributed by atoms with Crippen LogP contribution in [0.3, 0.4) is 0 Å². The number of halogens is 1. The van der Waals surface area contributed by atoms with E-state index in [1.807, 2.05) is 43.4 Å². The fourth-order valence-electron chi connectivity index (χ4n) is 2.63. The molecular weight excluding hydrogens is 298 g/mol. The number of nitrogens with one attached hydrogen (secondary N) is 1. The zero-order valence-corrected chi connectivity index (χ0v) is 13.7. The maximum Gasteiger partial charge on any atom is 0.307 e. The van der Waals surface area contributed by atoms with E-state index in [9.17, 15) is 4.79 Å². The van der Waals surface area contributed by atoms with Crippen molar-refractivity contribution in [1.82, 2.24) is 5.32 Å². The second-order valence-electron chi connectivity index (χ2n) is 4.97. The third-order valence-corrected chi connectivity index (χ3v) is 3.70. The first kappa shape index (κ1) is 18.2. The lowest BCUT2D eigenvalue weighted by Gasteiger charge is -2.27. The molecule has 118 valence electrons. The summed E-state index contributed by atoms with van der Waals surface area (Å²) in [5.74, 6) is -0.0947. The maximum atomic E-state index is 11.7. The van der Waals surface area contributed by atoms with E-state index in [2.05, 4.69) is 29.6 Å². The van der Waals surface area contributed by atoms with E-state index in [-0.39, 0.29) is 30.3 Å². The monoisotopic (exact) mass is 319 g/mol. The fraction of sp³-hybridized carbons (Fsp3) is 0.278. The first-order valence-corrected chi connectivity index (χ1v) is 7.10. The Kier molecular flexibility index (Phi) is 7.64. The minimum Gasteiger partial charge on any atom is -0.469 e. The first-order valence-electron chi connectivity index (χ1n) is 7.10. The van der Waals surface area contributed by atoms with Gasteiger partial charge in [0.15, 0.2) is 0 Å². The van der Waals surface area contributed by atoms with Gasteiger partial charge in [0, 0.05) is 12.0 Å². The summed E-state index contributed by atoms with van der Waals surface area (Å²) >= 11 is 0. The number of carbonyl (C=O) groups excluding carboxylic acids is 1. The highest BCUT2D eigenvalue weighted by molar-refractivity contribution is 5.85. The number of carbonyl (C=O) groups is 1. The van der Waals surface area contributed by atoms with Crippen LogP contribution in [0.1, 0.15) is 23.5 Å². The molecule has 0 heterocycles. The average Bonchev–Trinajstić information content (AvgIpc) is 2.56. The van der Waals surface area contributed by atoms with Crippen molar-refractivity contribution in [3.63, 3.8) is 0 Å². The van der Waals surface area contributed by atoms with Gasteiger partial charge >= 0.3 is 5.97 Å². The Morgan fingerprint density at radius 3 is 1.82 bits per heavy atom. The van der Waals surface area contributed by atoms with E-state index in [1.54, 1.807) is 0 Å². The van der Waals surface area contributed by atoms with Crippen LogP contribution in [0, 0.1) is 0 Å².